The first kappa shape index (κ1) is 16.2. The first-order valence-corrected chi connectivity index (χ1v) is 7.24. The van der Waals surface area contributed by atoms with Crippen LogP contribution in [0.25, 0.3) is 0 Å². The second kappa shape index (κ2) is 6.74. The van der Waals surface area contributed by atoms with E-state index in [2.05, 4.69) is 0 Å². The molecular formula is C15H20N2O5. The number of hydrogen-bond acceptors (Lipinski definition) is 5. The molecule has 1 atom stereocenters. The largest absolute Gasteiger partial charge is 0.496 e. The first-order valence-electron chi connectivity index (χ1n) is 7.24. The summed E-state index contributed by atoms with van der Waals surface area (Å²) in [5.74, 6) is 0.00950. The maximum absolute atomic E-state index is 12.7. The number of nitrogens with zero attached hydrogens (tertiary/aromatic N) is 2. The Morgan fingerprint density at radius 3 is 2.82 bits per heavy atom. The maximum atomic E-state index is 12.7. The van der Waals surface area contributed by atoms with Crippen molar-refractivity contribution >= 4 is 11.6 Å². The number of hydrogen-bond donors (Lipinski definition) is 1. The fourth-order valence-corrected chi connectivity index (χ4v) is 2.83. The lowest BCUT2D eigenvalue weighted by atomic mass is 10.00. The Kier molecular flexibility index (Phi) is 4.97. The molecule has 2 rings (SSSR count). The first-order chi connectivity index (χ1) is 10.5. The number of piperidine rings is 1. The Bertz CT molecular complexity index is 588. The second-order valence-electron chi connectivity index (χ2n) is 5.43. The molecule has 1 heterocycles. The molecule has 0 aromatic heterocycles. The molecule has 0 unspecified atom stereocenters. The van der Waals surface area contributed by atoms with Crippen LogP contribution in [0.3, 0.4) is 0 Å². The second-order valence-corrected chi connectivity index (χ2v) is 5.43. The normalized spacial score (nSPS) is 18.1. The highest BCUT2D eigenvalue weighted by molar-refractivity contribution is 5.99. The van der Waals surface area contributed by atoms with Crippen molar-refractivity contribution in [3.05, 3.63) is 33.4 Å². The molecule has 7 nitrogen and oxygen atoms in total. The molecule has 1 N–H and O–H groups in total. The van der Waals surface area contributed by atoms with E-state index >= 15 is 0 Å². The molecule has 7 heteroatoms. The van der Waals surface area contributed by atoms with Crippen LogP contribution in [0.5, 0.6) is 5.75 Å². The van der Waals surface area contributed by atoms with E-state index in [9.17, 15) is 20.0 Å². The van der Waals surface area contributed by atoms with Crippen LogP contribution in [-0.4, -0.2) is 47.1 Å². The van der Waals surface area contributed by atoms with Crippen molar-refractivity contribution in [2.75, 3.05) is 20.3 Å². The molecule has 120 valence electrons. The highest BCUT2D eigenvalue weighted by Gasteiger charge is 2.31. The standard InChI is InChI=1S/C15H20N2O5/c1-10-7-13(17(20)21)12(8-14(10)22-2)15(19)16-6-4-3-5-11(16)9-18/h7-8,11,18H,3-6,9H2,1-2H3/t11-/m0/s1. The van der Waals surface area contributed by atoms with Crippen LogP contribution in [0.4, 0.5) is 5.69 Å². The summed E-state index contributed by atoms with van der Waals surface area (Å²) in [6.45, 7) is 2.05. The monoisotopic (exact) mass is 308 g/mol. The fourth-order valence-electron chi connectivity index (χ4n) is 2.83. The molecule has 1 fully saturated rings. The molecule has 1 aromatic rings. The van der Waals surface area contributed by atoms with E-state index < -0.39 is 10.8 Å². The Hall–Kier alpha value is -2.15. The average molecular weight is 308 g/mol. The number of ether oxygens (including phenoxy) is 1. The molecular weight excluding hydrogens is 288 g/mol. The van der Waals surface area contributed by atoms with E-state index in [-0.39, 0.29) is 23.9 Å². The van der Waals surface area contributed by atoms with Crippen molar-refractivity contribution in [3.8, 4) is 5.75 Å². The number of likely N-dealkylation sites (tertiary alicyclic amines) is 1. The van der Waals surface area contributed by atoms with Gasteiger partial charge in [-0.2, -0.15) is 0 Å². The number of carbonyl (C=O) groups is 1. The van der Waals surface area contributed by atoms with Gasteiger partial charge in [0.1, 0.15) is 11.3 Å². The van der Waals surface area contributed by atoms with Gasteiger partial charge in [0.25, 0.3) is 11.6 Å². The van der Waals surface area contributed by atoms with Crippen LogP contribution in [-0.2, 0) is 0 Å². The van der Waals surface area contributed by atoms with Crippen LogP contribution >= 0.6 is 0 Å². The van der Waals surface area contributed by atoms with Gasteiger partial charge in [-0.1, -0.05) is 0 Å². The molecule has 1 aliphatic heterocycles. The van der Waals surface area contributed by atoms with Crippen LogP contribution in [0.2, 0.25) is 0 Å². The Balaban J connectivity index is 2.45. The third kappa shape index (κ3) is 3.04. The van der Waals surface area contributed by atoms with Crippen molar-refractivity contribution in [3.63, 3.8) is 0 Å². The summed E-state index contributed by atoms with van der Waals surface area (Å²) in [6.07, 6.45) is 2.48. The van der Waals surface area contributed by atoms with Crippen molar-refractivity contribution in [2.45, 2.75) is 32.2 Å². The summed E-state index contributed by atoms with van der Waals surface area (Å²) in [6, 6.07) is 2.48. The lowest BCUT2D eigenvalue weighted by molar-refractivity contribution is -0.385. The van der Waals surface area contributed by atoms with Crippen molar-refractivity contribution in [1.82, 2.24) is 4.90 Å². The third-order valence-electron chi connectivity index (χ3n) is 4.04. The maximum Gasteiger partial charge on any atom is 0.282 e. The quantitative estimate of drug-likeness (QED) is 0.677. The summed E-state index contributed by atoms with van der Waals surface area (Å²) in [7, 11) is 1.46. The molecule has 1 aliphatic rings. The topological polar surface area (TPSA) is 92.9 Å². The molecule has 1 amide bonds. The lowest BCUT2D eigenvalue weighted by Crippen LogP contribution is -2.45. The zero-order valence-corrected chi connectivity index (χ0v) is 12.7. The van der Waals surface area contributed by atoms with Gasteiger partial charge in [0.15, 0.2) is 0 Å². The van der Waals surface area contributed by atoms with Gasteiger partial charge < -0.3 is 14.7 Å². The highest BCUT2D eigenvalue weighted by Crippen LogP contribution is 2.30. The van der Waals surface area contributed by atoms with E-state index in [0.717, 1.165) is 12.8 Å². The molecule has 0 aliphatic carbocycles. The molecule has 0 radical (unpaired) electrons. The number of aliphatic hydroxyl groups is 1. The molecule has 0 spiro atoms. The SMILES string of the molecule is COc1cc(C(=O)N2CCCC[C@H]2CO)c([N+](=O)[O-])cc1C. The van der Waals surface area contributed by atoms with Crippen LogP contribution < -0.4 is 4.74 Å². The van der Waals surface area contributed by atoms with E-state index in [1.807, 2.05) is 0 Å². The van der Waals surface area contributed by atoms with Gasteiger partial charge in [-0.25, -0.2) is 0 Å². The van der Waals surface area contributed by atoms with Crippen LogP contribution in [0.15, 0.2) is 12.1 Å². The smallest absolute Gasteiger partial charge is 0.282 e. The van der Waals surface area contributed by atoms with Crippen molar-refractivity contribution < 1.29 is 19.6 Å². The zero-order valence-electron chi connectivity index (χ0n) is 12.7. The van der Waals surface area contributed by atoms with Gasteiger partial charge in [-0.15, -0.1) is 0 Å². The number of carbonyl (C=O) groups excluding carboxylic acids is 1. The van der Waals surface area contributed by atoms with E-state index in [1.54, 1.807) is 6.92 Å². The minimum atomic E-state index is -0.558. The fraction of sp³-hybridized carbons (Fsp3) is 0.533. The lowest BCUT2D eigenvalue weighted by Gasteiger charge is -2.34. The summed E-state index contributed by atoms with van der Waals surface area (Å²) in [5, 5.41) is 20.7. The molecule has 0 bridgehead atoms. The molecule has 22 heavy (non-hydrogen) atoms. The number of nitro groups is 1. The number of aryl methyl sites for hydroxylation is 1. The minimum Gasteiger partial charge on any atom is -0.496 e. The average Bonchev–Trinajstić information content (AvgIpc) is 2.53. The van der Waals surface area contributed by atoms with Gasteiger partial charge in [-0.05, 0) is 31.7 Å². The third-order valence-corrected chi connectivity index (χ3v) is 4.04. The predicted molar refractivity (Wildman–Crippen MR) is 80.1 cm³/mol. The number of amides is 1. The molecule has 1 aromatic carbocycles. The van der Waals surface area contributed by atoms with E-state index in [1.165, 1.54) is 24.1 Å². The van der Waals surface area contributed by atoms with Gasteiger partial charge >= 0.3 is 0 Å². The number of methoxy groups -OCH3 is 1. The number of rotatable bonds is 4. The number of aliphatic hydroxyl groups excluding tert-OH is 1. The Labute approximate surface area is 128 Å². The number of nitro benzene ring substituents is 1. The summed E-state index contributed by atoms with van der Waals surface area (Å²) < 4.78 is 5.17. The molecule has 1 saturated heterocycles. The Morgan fingerprint density at radius 2 is 2.23 bits per heavy atom. The summed E-state index contributed by atoms with van der Waals surface area (Å²) in [5.41, 5.74) is 0.376. The van der Waals surface area contributed by atoms with Gasteiger partial charge in [-0.3, -0.25) is 14.9 Å². The van der Waals surface area contributed by atoms with Gasteiger partial charge in [0.2, 0.25) is 0 Å². The predicted octanol–water partition coefficient (Wildman–Crippen LogP) is 1.90. The number of benzene rings is 1. The highest BCUT2D eigenvalue weighted by atomic mass is 16.6. The summed E-state index contributed by atoms with van der Waals surface area (Å²) >= 11 is 0. The van der Waals surface area contributed by atoms with Gasteiger partial charge in [0.05, 0.1) is 24.7 Å². The van der Waals surface area contributed by atoms with Crippen molar-refractivity contribution in [1.29, 1.82) is 0 Å². The van der Waals surface area contributed by atoms with E-state index in [0.29, 0.717) is 24.3 Å². The zero-order chi connectivity index (χ0) is 16.3. The Morgan fingerprint density at radius 1 is 1.50 bits per heavy atom. The minimum absolute atomic E-state index is 0.00722. The van der Waals surface area contributed by atoms with E-state index in [4.69, 9.17) is 4.74 Å². The van der Waals surface area contributed by atoms with Crippen LogP contribution in [0.1, 0.15) is 35.2 Å². The summed E-state index contributed by atoms with van der Waals surface area (Å²) in [4.78, 5) is 25.0. The van der Waals surface area contributed by atoms with Crippen molar-refractivity contribution in [2.24, 2.45) is 0 Å². The van der Waals surface area contributed by atoms with Gasteiger partial charge in [0, 0.05) is 18.7 Å². The van der Waals surface area contributed by atoms with Crippen LogP contribution in [0, 0.1) is 17.0 Å². The molecule has 0 saturated carbocycles.